The fourth-order valence-electron chi connectivity index (χ4n) is 3.32. The minimum atomic E-state index is -0.376. The summed E-state index contributed by atoms with van der Waals surface area (Å²) in [6.07, 6.45) is 5.04. The first-order chi connectivity index (χ1) is 9.86. The Balaban J connectivity index is 1.74. The highest BCUT2D eigenvalue weighted by atomic mass is 19.1. The lowest BCUT2D eigenvalue weighted by Gasteiger charge is -2.37. The summed E-state index contributed by atoms with van der Waals surface area (Å²) >= 11 is 0. The number of nitrogens with one attached hydrogen (secondary N) is 1. The van der Waals surface area contributed by atoms with Gasteiger partial charge in [0.2, 0.25) is 0 Å². The summed E-state index contributed by atoms with van der Waals surface area (Å²) in [5.74, 6) is 0.772. The second-order valence-corrected chi connectivity index (χ2v) is 7.45. The van der Waals surface area contributed by atoms with Crippen LogP contribution < -0.4 is 5.32 Å². The minimum Gasteiger partial charge on any atom is -0.312 e. The van der Waals surface area contributed by atoms with Crippen LogP contribution in [0, 0.1) is 28.9 Å². The molecule has 1 saturated carbocycles. The highest BCUT2D eigenvalue weighted by Gasteiger charge is 2.29. The third-order valence-corrected chi connectivity index (χ3v) is 4.83. The molecule has 0 bridgehead atoms. The van der Waals surface area contributed by atoms with Gasteiger partial charge in [-0.1, -0.05) is 20.8 Å². The lowest BCUT2D eigenvalue weighted by Crippen LogP contribution is -2.30. The molecule has 3 heteroatoms. The maximum atomic E-state index is 13.5. The average molecular weight is 295 g/mol. The minimum absolute atomic E-state index is 0.333. The van der Waals surface area contributed by atoms with Crippen molar-refractivity contribution < 1.29 is 8.78 Å². The zero-order valence-electron chi connectivity index (χ0n) is 13.4. The van der Waals surface area contributed by atoms with Gasteiger partial charge >= 0.3 is 0 Å². The van der Waals surface area contributed by atoms with Gasteiger partial charge < -0.3 is 5.32 Å². The van der Waals surface area contributed by atoms with Crippen LogP contribution >= 0.6 is 0 Å². The Hall–Kier alpha value is -0.960. The SMILES string of the molecule is CC(C)(C)C1CCC(CNCc2cc(F)ccc2F)CC1. The molecule has 0 radical (unpaired) electrons. The predicted octanol–water partition coefficient (Wildman–Crippen LogP) is 4.91. The van der Waals surface area contributed by atoms with Crippen LogP contribution in [-0.2, 0) is 6.54 Å². The predicted molar refractivity (Wildman–Crippen MR) is 83.0 cm³/mol. The molecule has 1 aromatic rings. The van der Waals surface area contributed by atoms with Crippen LogP contribution in [0.1, 0.15) is 52.0 Å². The van der Waals surface area contributed by atoms with Crippen LogP contribution in [0.4, 0.5) is 8.78 Å². The first-order valence-electron chi connectivity index (χ1n) is 8.01. The van der Waals surface area contributed by atoms with E-state index in [1.165, 1.54) is 37.8 Å². The van der Waals surface area contributed by atoms with Gasteiger partial charge in [-0.3, -0.25) is 0 Å². The van der Waals surface area contributed by atoms with E-state index in [4.69, 9.17) is 0 Å². The fraction of sp³-hybridized carbons (Fsp3) is 0.667. The van der Waals surface area contributed by atoms with Crippen molar-refractivity contribution in [3.8, 4) is 0 Å². The molecular formula is C18H27F2N. The van der Waals surface area contributed by atoms with Gasteiger partial charge in [0.25, 0.3) is 0 Å². The third kappa shape index (κ3) is 4.77. The molecule has 21 heavy (non-hydrogen) atoms. The van der Waals surface area contributed by atoms with Crippen LogP contribution in [0.5, 0.6) is 0 Å². The highest BCUT2D eigenvalue weighted by molar-refractivity contribution is 5.18. The Morgan fingerprint density at radius 1 is 1.10 bits per heavy atom. The number of benzene rings is 1. The van der Waals surface area contributed by atoms with Crippen LogP contribution in [0.3, 0.4) is 0 Å². The first kappa shape index (κ1) is 16.4. The molecule has 0 aliphatic heterocycles. The van der Waals surface area contributed by atoms with E-state index in [0.29, 0.717) is 23.4 Å². The Morgan fingerprint density at radius 3 is 2.38 bits per heavy atom. The zero-order chi connectivity index (χ0) is 15.5. The van der Waals surface area contributed by atoms with Crippen molar-refractivity contribution in [3.63, 3.8) is 0 Å². The molecular weight excluding hydrogens is 268 g/mol. The normalized spacial score (nSPS) is 23.3. The summed E-state index contributed by atoms with van der Waals surface area (Å²) in [5.41, 5.74) is 0.821. The fourth-order valence-corrected chi connectivity index (χ4v) is 3.32. The van der Waals surface area contributed by atoms with E-state index in [1.54, 1.807) is 0 Å². The monoisotopic (exact) mass is 295 g/mol. The van der Waals surface area contributed by atoms with Crippen LogP contribution in [-0.4, -0.2) is 6.54 Å². The Labute approximate surface area is 127 Å². The molecule has 1 aliphatic carbocycles. The molecule has 118 valence electrons. The molecule has 1 fully saturated rings. The molecule has 0 spiro atoms. The van der Waals surface area contributed by atoms with E-state index in [0.717, 1.165) is 18.5 Å². The van der Waals surface area contributed by atoms with Gasteiger partial charge in [-0.05, 0) is 67.7 Å². The number of hydrogen-bond acceptors (Lipinski definition) is 1. The Morgan fingerprint density at radius 2 is 1.76 bits per heavy atom. The average Bonchev–Trinajstić information content (AvgIpc) is 2.42. The van der Waals surface area contributed by atoms with E-state index in [9.17, 15) is 8.78 Å². The van der Waals surface area contributed by atoms with Crippen molar-refractivity contribution >= 4 is 0 Å². The molecule has 2 rings (SSSR count). The van der Waals surface area contributed by atoms with Crippen molar-refractivity contribution in [2.45, 2.75) is 53.0 Å². The lowest BCUT2D eigenvalue weighted by molar-refractivity contribution is 0.149. The second-order valence-electron chi connectivity index (χ2n) is 7.45. The Kier molecular flexibility index (Phi) is 5.37. The van der Waals surface area contributed by atoms with Gasteiger partial charge in [0.05, 0.1) is 0 Å². The molecule has 0 saturated heterocycles. The Bertz CT molecular complexity index is 457. The standard InChI is InChI=1S/C18H27F2N/c1-18(2,3)15-6-4-13(5-7-15)11-21-12-14-10-16(19)8-9-17(14)20/h8-10,13,15,21H,4-7,11-12H2,1-3H3. The van der Waals surface area contributed by atoms with E-state index in [-0.39, 0.29) is 11.6 Å². The lowest BCUT2D eigenvalue weighted by atomic mass is 9.70. The molecule has 0 atom stereocenters. The molecule has 1 aromatic carbocycles. The van der Waals surface area contributed by atoms with E-state index in [2.05, 4.69) is 26.1 Å². The van der Waals surface area contributed by atoms with E-state index in [1.807, 2.05) is 0 Å². The summed E-state index contributed by atoms with van der Waals surface area (Å²) in [6.45, 7) is 8.27. The van der Waals surface area contributed by atoms with Gasteiger partial charge in [-0.25, -0.2) is 8.78 Å². The van der Waals surface area contributed by atoms with Gasteiger partial charge in [-0.15, -0.1) is 0 Å². The first-order valence-corrected chi connectivity index (χ1v) is 8.01. The van der Waals surface area contributed by atoms with Gasteiger partial charge in [-0.2, -0.15) is 0 Å². The van der Waals surface area contributed by atoms with Crippen LogP contribution in [0.25, 0.3) is 0 Å². The van der Waals surface area contributed by atoms with Crippen LogP contribution in [0.2, 0.25) is 0 Å². The van der Waals surface area contributed by atoms with Gasteiger partial charge in [0.1, 0.15) is 11.6 Å². The second kappa shape index (κ2) is 6.87. The van der Waals surface area contributed by atoms with Crippen molar-refractivity contribution in [2.24, 2.45) is 17.3 Å². The topological polar surface area (TPSA) is 12.0 Å². The number of rotatable bonds is 4. The van der Waals surface area contributed by atoms with Gasteiger partial charge in [0, 0.05) is 12.1 Å². The third-order valence-electron chi connectivity index (χ3n) is 4.83. The highest BCUT2D eigenvalue weighted by Crippen LogP contribution is 2.39. The molecule has 0 unspecified atom stereocenters. The van der Waals surface area contributed by atoms with Crippen molar-refractivity contribution in [2.75, 3.05) is 6.54 Å². The van der Waals surface area contributed by atoms with E-state index < -0.39 is 0 Å². The molecule has 0 heterocycles. The quantitative estimate of drug-likeness (QED) is 0.832. The summed E-state index contributed by atoms with van der Waals surface area (Å²) < 4.78 is 26.6. The smallest absolute Gasteiger partial charge is 0.127 e. The van der Waals surface area contributed by atoms with Gasteiger partial charge in [0.15, 0.2) is 0 Å². The van der Waals surface area contributed by atoms with E-state index >= 15 is 0 Å². The largest absolute Gasteiger partial charge is 0.312 e. The summed E-state index contributed by atoms with van der Waals surface area (Å²) in [7, 11) is 0. The molecule has 0 amide bonds. The maximum Gasteiger partial charge on any atom is 0.127 e. The zero-order valence-corrected chi connectivity index (χ0v) is 13.4. The molecule has 0 aromatic heterocycles. The van der Waals surface area contributed by atoms with Crippen molar-refractivity contribution in [3.05, 3.63) is 35.4 Å². The van der Waals surface area contributed by atoms with Crippen LogP contribution in [0.15, 0.2) is 18.2 Å². The summed E-state index contributed by atoms with van der Waals surface area (Å²) in [5, 5.41) is 3.29. The molecule has 1 nitrogen and oxygen atoms in total. The van der Waals surface area contributed by atoms with Crippen molar-refractivity contribution in [1.82, 2.24) is 5.32 Å². The molecule has 1 N–H and O–H groups in total. The number of halogens is 2. The van der Waals surface area contributed by atoms with Crippen molar-refractivity contribution in [1.29, 1.82) is 0 Å². The maximum absolute atomic E-state index is 13.5. The summed E-state index contributed by atoms with van der Waals surface area (Å²) in [4.78, 5) is 0. The summed E-state index contributed by atoms with van der Waals surface area (Å²) in [6, 6.07) is 3.63. The molecule has 1 aliphatic rings. The number of hydrogen-bond donors (Lipinski definition) is 1.